The minimum absolute atomic E-state index is 0.140. The van der Waals surface area contributed by atoms with E-state index in [-0.39, 0.29) is 5.91 Å². The van der Waals surface area contributed by atoms with Gasteiger partial charge < -0.3 is 15.6 Å². The second kappa shape index (κ2) is 7.37. The molecule has 0 atom stereocenters. The van der Waals surface area contributed by atoms with E-state index < -0.39 is 0 Å². The van der Waals surface area contributed by atoms with Gasteiger partial charge in [0.15, 0.2) is 5.13 Å². The Labute approximate surface area is 170 Å². The zero-order valence-corrected chi connectivity index (χ0v) is 16.2. The van der Waals surface area contributed by atoms with Crippen LogP contribution in [0.15, 0.2) is 72.8 Å². The molecule has 2 aromatic heterocycles. The number of carbonyl (C=O) groups excluding carboxylic acids is 1. The third kappa shape index (κ3) is 3.68. The molecule has 5 aromatic rings. The van der Waals surface area contributed by atoms with Gasteiger partial charge in [0.05, 0.1) is 27.8 Å². The van der Waals surface area contributed by atoms with Gasteiger partial charge >= 0.3 is 0 Å². The summed E-state index contributed by atoms with van der Waals surface area (Å²) in [5.41, 5.74) is 4.30. The van der Waals surface area contributed by atoms with Crippen molar-refractivity contribution in [1.29, 1.82) is 0 Å². The highest BCUT2D eigenvalue weighted by molar-refractivity contribution is 7.22. The Hall–Kier alpha value is -3.71. The quantitative estimate of drug-likeness (QED) is 0.395. The van der Waals surface area contributed by atoms with Crippen molar-refractivity contribution in [3.63, 3.8) is 0 Å². The number of aromatic amines is 1. The number of para-hydroxylation sites is 3. The summed E-state index contributed by atoms with van der Waals surface area (Å²) in [5.74, 6) is 0.589. The van der Waals surface area contributed by atoms with E-state index in [4.69, 9.17) is 0 Å². The molecule has 0 saturated heterocycles. The van der Waals surface area contributed by atoms with Crippen molar-refractivity contribution in [3.05, 3.63) is 84.2 Å². The lowest BCUT2D eigenvalue weighted by Gasteiger charge is -2.03. The largest absolute Gasteiger partial charge is 0.345 e. The number of amides is 1. The van der Waals surface area contributed by atoms with Crippen molar-refractivity contribution < 1.29 is 4.79 Å². The fourth-order valence-electron chi connectivity index (χ4n) is 3.12. The van der Waals surface area contributed by atoms with Crippen molar-refractivity contribution in [2.24, 2.45) is 0 Å². The fourth-order valence-corrected chi connectivity index (χ4v) is 4.05. The van der Waals surface area contributed by atoms with Crippen LogP contribution in [0.5, 0.6) is 0 Å². The molecule has 0 aliphatic heterocycles. The van der Waals surface area contributed by atoms with Gasteiger partial charge in [-0.15, -0.1) is 0 Å². The van der Waals surface area contributed by atoms with Crippen LogP contribution in [-0.4, -0.2) is 20.9 Å². The van der Waals surface area contributed by atoms with Gasteiger partial charge in [0, 0.05) is 11.3 Å². The Morgan fingerprint density at radius 2 is 1.76 bits per heavy atom. The number of nitrogens with one attached hydrogen (secondary N) is 3. The van der Waals surface area contributed by atoms with Gasteiger partial charge in [0.2, 0.25) is 0 Å². The summed E-state index contributed by atoms with van der Waals surface area (Å²) in [6.45, 7) is 0.342. The normalized spacial score (nSPS) is 11.0. The first-order valence-corrected chi connectivity index (χ1v) is 10.0. The summed E-state index contributed by atoms with van der Waals surface area (Å²) in [6.07, 6.45) is 0. The van der Waals surface area contributed by atoms with Crippen LogP contribution in [0.25, 0.3) is 21.3 Å². The zero-order valence-electron chi connectivity index (χ0n) is 15.3. The van der Waals surface area contributed by atoms with Crippen LogP contribution in [0.1, 0.15) is 16.2 Å². The number of rotatable bonds is 5. The number of fused-ring (bicyclic) bond motifs is 2. The molecule has 0 unspecified atom stereocenters. The van der Waals surface area contributed by atoms with Gasteiger partial charge in [-0.05, 0) is 42.5 Å². The number of anilines is 2. The van der Waals surface area contributed by atoms with E-state index in [0.29, 0.717) is 12.1 Å². The maximum atomic E-state index is 12.6. The van der Waals surface area contributed by atoms with Crippen molar-refractivity contribution in [2.75, 3.05) is 5.32 Å². The molecule has 3 N–H and O–H groups in total. The first-order valence-electron chi connectivity index (χ1n) is 9.19. The van der Waals surface area contributed by atoms with Crippen LogP contribution < -0.4 is 10.6 Å². The molecule has 7 heteroatoms. The van der Waals surface area contributed by atoms with E-state index in [0.717, 1.165) is 37.9 Å². The summed E-state index contributed by atoms with van der Waals surface area (Å²) in [6, 6.07) is 23.2. The molecule has 2 heterocycles. The second-order valence-corrected chi connectivity index (χ2v) is 7.61. The number of carbonyl (C=O) groups is 1. The number of imidazole rings is 1. The predicted octanol–water partition coefficient (Wildman–Crippen LogP) is 4.85. The highest BCUT2D eigenvalue weighted by Gasteiger charge is 2.11. The fraction of sp³-hybridized carbons (Fsp3) is 0.0455. The molecule has 0 radical (unpaired) electrons. The van der Waals surface area contributed by atoms with Crippen molar-refractivity contribution in [2.45, 2.75) is 6.54 Å². The van der Waals surface area contributed by atoms with E-state index in [2.05, 4.69) is 25.6 Å². The predicted molar refractivity (Wildman–Crippen MR) is 117 cm³/mol. The molecule has 5 rings (SSSR count). The summed E-state index contributed by atoms with van der Waals surface area (Å²) in [4.78, 5) is 24.9. The van der Waals surface area contributed by atoms with Gasteiger partial charge in [0.1, 0.15) is 5.82 Å². The summed E-state index contributed by atoms with van der Waals surface area (Å²) in [7, 11) is 0. The molecule has 3 aromatic carbocycles. The average Bonchev–Trinajstić information content (AvgIpc) is 3.35. The van der Waals surface area contributed by atoms with Crippen LogP contribution in [0.3, 0.4) is 0 Å². The first kappa shape index (κ1) is 17.4. The SMILES string of the molecule is O=C(NCc1nc2ccccc2[nH]1)c1ccc2nc(Nc3ccccc3)sc2c1. The summed E-state index contributed by atoms with van der Waals surface area (Å²) >= 11 is 1.52. The van der Waals surface area contributed by atoms with E-state index >= 15 is 0 Å². The molecule has 0 fully saturated rings. The lowest BCUT2D eigenvalue weighted by atomic mass is 10.2. The highest BCUT2D eigenvalue weighted by atomic mass is 32.1. The monoisotopic (exact) mass is 399 g/mol. The Kier molecular flexibility index (Phi) is 4.42. The Bertz CT molecular complexity index is 1280. The van der Waals surface area contributed by atoms with Crippen LogP contribution >= 0.6 is 11.3 Å². The van der Waals surface area contributed by atoms with Crippen molar-refractivity contribution in [1.82, 2.24) is 20.3 Å². The van der Waals surface area contributed by atoms with Gasteiger partial charge in [-0.1, -0.05) is 41.7 Å². The smallest absolute Gasteiger partial charge is 0.251 e. The molecule has 0 bridgehead atoms. The molecule has 29 heavy (non-hydrogen) atoms. The number of benzene rings is 3. The third-order valence-corrected chi connectivity index (χ3v) is 5.46. The number of hydrogen-bond acceptors (Lipinski definition) is 5. The van der Waals surface area contributed by atoms with Gasteiger partial charge in [0.25, 0.3) is 5.91 Å². The Morgan fingerprint density at radius 3 is 2.62 bits per heavy atom. The van der Waals surface area contributed by atoms with E-state index in [1.165, 1.54) is 11.3 Å². The van der Waals surface area contributed by atoms with Crippen LogP contribution in [0.4, 0.5) is 10.8 Å². The second-order valence-electron chi connectivity index (χ2n) is 6.58. The molecule has 0 saturated carbocycles. The topological polar surface area (TPSA) is 82.7 Å². The van der Waals surface area contributed by atoms with Crippen LogP contribution in [0.2, 0.25) is 0 Å². The van der Waals surface area contributed by atoms with Crippen molar-refractivity contribution in [3.8, 4) is 0 Å². The summed E-state index contributed by atoms with van der Waals surface area (Å²) in [5, 5.41) is 7.02. The molecule has 142 valence electrons. The average molecular weight is 399 g/mol. The van der Waals surface area contributed by atoms with E-state index in [9.17, 15) is 4.79 Å². The van der Waals surface area contributed by atoms with Gasteiger partial charge in [-0.3, -0.25) is 4.79 Å². The minimum atomic E-state index is -0.140. The number of nitrogens with zero attached hydrogens (tertiary/aromatic N) is 2. The number of hydrogen-bond donors (Lipinski definition) is 3. The number of H-pyrrole nitrogens is 1. The lowest BCUT2D eigenvalue weighted by molar-refractivity contribution is 0.0950. The Morgan fingerprint density at radius 1 is 0.931 bits per heavy atom. The number of aromatic nitrogens is 3. The van der Waals surface area contributed by atoms with Crippen LogP contribution in [0, 0.1) is 0 Å². The maximum Gasteiger partial charge on any atom is 0.251 e. The first-order chi connectivity index (χ1) is 14.2. The van der Waals surface area contributed by atoms with Crippen LogP contribution in [-0.2, 0) is 6.54 Å². The van der Waals surface area contributed by atoms with Gasteiger partial charge in [-0.25, -0.2) is 9.97 Å². The zero-order chi connectivity index (χ0) is 19.6. The van der Waals surface area contributed by atoms with Gasteiger partial charge in [-0.2, -0.15) is 0 Å². The molecular formula is C22H17N5OS. The maximum absolute atomic E-state index is 12.6. The molecule has 1 amide bonds. The van der Waals surface area contributed by atoms with Crippen molar-refractivity contribution >= 4 is 49.3 Å². The summed E-state index contributed by atoms with van der Waals surface area (Å²) < 4.78 is 0.958. The highest BCUT2D eigenvalue weighted by Crippen LogP contribution is 2.29. The minimum Gasteiger partial charge on any atom is -0.345 e. The molecule has 0 aliphatic carbocycles. The molecule has 0 aliphatic rings. The molecule has 6 nitrogen and oxygen atoms in total. The lowest BCUT2D eigenvalue weighted by Crippen LogP contribution is -2.23. The third-order valence-electron chi connectivity index (χ3n) is 4.53. The molecular weight excluding hydrogens is 382 g/mol. The standard InChI is InChI=1S/C22H17N5OS/c28-21(23-13-20-25-16-8-4-5-9-17(16)26-20)14-10-11-18-19(12-14)29-22(27-18)24-15-6-2-1-3-7-15/h1-12H,13H2,(H,23,28)(H,24,27)(H,25,26). The Balaban J connectivity index is 1.30. The van der Waals surface area contributed by atoms with E-state index in [1.54, 1.807) is 6.07 Å². The molecule has 0 spiro atoms. The number of thiazole rings is 1. The van der Waals surface area contributed by atoms with E-state index in [1.807, 2.05) is 66.7 Å².